The van der Waals surface area contributed by atoms with Gasteiger partial charge in [-0.15, -0.1) is 0 Å². The van der Waals surface area contributed by atoms with Crippen LogP contribution in [0.15, 0.2) is 0 Å². The average Bonchev–Trinajstić information content (AvgIpc) is 2.09. The number of nitrogens with one attached hydrogen (secondary N) is 1. The molecule has 0 fully saturated rings. The van der Waals surface area contributed by atoms with Gasteiger partial charge in [0.25, 0.3) is 0 Å². The lowest BCUT2D eigenvalue weighted by Gasteiger charge is -2.35. The van der Waals surface area contributed by atoms with E-state index in [0.717, 1.165) is 25.6 Å². The molecule has 0 aliphatic heterocycles. The van der Waals surface area contributed by atoms with Gasteiger partial charge in [0.05, 0.1) is 0 Å². The Hall–Kier alpha value is -0.0800. The largest absolute Gasteiger partial charge is 0.315 e. The molecule has 2 heteroatoms. The van der Waals surface area contributed by atoms with Gasteiger partial charge in [-0.3, -0.25) is 0 Å². The summed E-state index contributed by atoms with van der Waals surface area (Å²) >= 11 is 0. The third-order valence-electron chi connectivity index (χ3n) is 3.11. The summed E-state index contributed by atoms with van der Waals surface area (Å²) in [6.45, 7) is 17.0. The number of rotatable bonds is 6. The molecule has 0 aliphatic rings. The maximum absolute atomic E-state index is 3.48. The van der Waals surface area contributed by atoms with E-state index in [1.807, 2.05) is 0 Å². The molecule has 0 radical (unpaired) electrons. The lowest BCUT2D eigenvalue weighted by Crippen LogP contribution is -2.42. The van der Waals surface area contributed by atoms with Gasteiger partial charge < -0.3 is 10.2 Å². The van der Waals surface area contributed by atoms with Crippen molar-refractivity contribution < 1.29 is 0 Å². The molecule has 0 aromatic rings. The van der Waals surface area contributed by atoms with E-state index >= 15 is 0 Å². The van der Waals surface area contributed by atoms with Crippen LogP contribution >= 0.6 is 0 Å². The van der Waals surface area contributed by atoms with Crippen LogP contribution < -0.4 is 5.32 Å². The molecule has 0 aliphatic carbocycles. The Morgan fingerprint density at radius 3 is 2.07 bits per heavy atom. The number of likely N-dealkylation sites (N-methyl/N-ethyl adjacent to an activating group) is 1. The Morgan fingerprint density at radius 1 is 1.13 bits per heavy atom. The molecule has 15 heavy (non-hydrogen) atoms. The minimum atomic E-state index is 0.368. The van der Waals surface area contributed by atoms with Gasteiger partial charge in [-0.2, -0.15) is 0 Å². The Bertz CT molecular complexity index is 158. The number of nitrogens with zero attached hydrogens (tertiary/aromatic N) is 1. The zero-order valence-electron chi connectivity index (χ0n) is 11.7. The monoisotopic (exact) mass is 214 g/mol. The zero-order valence-corrected chi connectivity index (χ0v) is 11.7. The Kier molecular flexibility index (Phi) is 6.46. The third-order valence-corrected chi connectivity index (χ3v) is 3.11. The lowest BCUT2D eigenvalue weighted by molar-refractivity contribution is 0.141. The first-order valence-electron chi connectivity index (χ1n) is 6.16. The van der Waals surface area contributed by atoms with Gasteiger partial charge in [0.15, 0.2) is 0 Å². The fourth-order valence-corrected chi connectivity index (χ4v) is 1.50. The SMILES string of the molecule is CC(C)CNCCN(C)C(C)C(C)(C)C. The summed E-state index contributed by atoms with van der Waals surface area (Å²) in [5, 5.41) is 3.48. The summed E-state index contributed by atoms with van der Waals surface area (Å²) in [6.07, 6.45) is 0. The first kappa shape index (κ1) is 14.9. The summed E-state index contributed by atoms with van der Waals surface area (Å²) in [5.74, 6) is 0.746. The molecule has 92 valence electrons. The number of hydrogen-bond acceptors (Lipinski definition) is 2. The molecule has 0 saturated heterocycles. The van der Waals surface area contributed by atoms with Crippen LogP contribution in [0.1, 0.15) is 41.5 Å². The zero-order chi connectivity index (χ0) is 12.1. The van der Waals surface area contributed by atoms with Crippen molar-refractivity contribution in [2.75, 3.05) is 26.7 Å². The van der Waals surface area contributed by atoms with Crippen LogP contribution in [0.2, 0.25) is 0 Å². The fourth-order valence-electron chi connectivity index (χ4n) is 1.50. The Morgan fingerprint density at radius 2 is 1.67 bits per heavy atom. The van der Waals surface area contributed by atoms with E-state index in [-0.39, 0.29) is 0 Å². The molecule has 0 heterocycles. The summed E-state index contributed by atoms with van der Waals surface area (Å²) in [4.78, 5) is 2.44. The molecule has 0 spiro atoms. The molecule has 0 rings (SSSR count). The minimum Gasteiger partial charge on any atom is -0.315 e. The van der Waals surface area contributed by atoms with E-state index in [1.165, 1.54) is 0 Å². The Balaban J connectivity index is 3.70. The van der Waals surface area contributed by atoms with E-state index in [1.54, 1.807) is 0 Å². The second-order valence-electron chi connectivity index (χ2n) is 6.12. The molecule has 1 atom stereocenters. The van der Waals surface area contributed by atoms with Gasteiger partial charge in [-0.25, -0.2) is 0 Å². The maximum Gasteiger partial charge on any atom is 0.0113 e. The van der Waals surface area contributed by atoms with Gasteiger partial charge in [0.1, 0.15) is 0 Å². The third kappa shape index (κ3) is 6.91. The molecule has 0 amide bonds. The molecular formula is C13H30N2. The van der Waals surface area contributed by atoms with Crippen LogP contribution in [-0.4, -0.2) is 37.6 Å². The van der Waals surface area contributed by atoms with Crippen LogP contribution in [-0.2, 0) is 0 Å². The van der Waals surface area contributed by atoms with Crippen molar-refractivity contribution in [3.05, 3.63) is 0 Å². The summed E-state index contributed by atoms with van der Waals surface area (Å²) in [5.41, 5.74) is 0.368. The standard InChI is InChI=1S/C13H30N2/c1-11(2)10-14-8-9-15(7)12(3)13(4,5)6/h11-12,14H,8-10H2,1-7H3. The van der Waals surface area contributed by atoms with Crippen LogP contribution in [0, 0.1) is 11.3 Å². The fraction of sp³-hybridized carbons (Fsp3) is 1.00. The molecule has 1 unspecified atom stereocenters. The quantitative estimate of drug-likeness (QED) is 0.684. The summed E-state index contributed by atoms with van der Waals surface area (Å²) in [7, 11) is 2.22. The molecule has 0 aromatic heterocycles. The molecule has 2 nitrogen and oxygen atoms in total. The highest BCUT2D eigenvalue weighted by atomic mass is 15.1. The highest BCUT2D eigenvalue weighted by Gasteiger charge is 2.23. The van der Waals surface area contributed by atoms with E-state index in [4.69, 9.17) is 0 Å². The van der Waals surface area contributed by atoms with Crippen LogP contribution in [0.3, 0.4) is 0 Å². The molecule has 0 saturated carbocycles. The van der Waals surface area contributed by atoms with E-state index in [2.05, 4.69) is 58.8 Å². The van der Waals surface area contributed by atoms with E-state index in [0.29, 0.717) is 11.5 Å². The predicted molar refractivity (Wildman–Crippen MR) is 69.3 cm³/mol. The molecule has 0 aromatic carbocycles. The first-order valence-corrected chi connectivity index (χ1v) is 6.16. The second kappa shape index (κ2) is 6.49. The predicted octanol–water partition coefficient (Wildman–Crippen LogP) is 2.60. The summed E-state index contributed by atoms with van der Waals surface area (Å²) in [6, 6.07) is 0.623. The first-order chi connectivity index (χ1) is 6.75. The van der Waals surface area contributed by atoms with Crippen molar-refractivity contribution in [1.82, 2.24) is 10.2 Å². The van der Waals surface area contributed by atoms with E-state index < -0.39 is 0 Å². The molecular weight excluding hydrogens is 184 g/mol. The van der Waals surface area contributed by atoms with Crippen molar-refractivity contribution in [3.63, 3.8) is 0 Å². The van der Waals surface area contributed by atoms with Gasteiger partial charge in [0, 0.05) is 19.1 Å². The van der Waals surface area contributed by atoms with Crippen LogP contribution in [0.4, 0.5) is 0 Å². The molecule has 1 N–H and O–H groups in total. The highest BCUT2D eigenvalue weighted by Crippen LogP contribution is 2.22. The van der Waals surface area contributed by atoms with Crippen LogP contribution in [0.5, 0.6) is 0 Å². The van der Waals surface area contributed by atoms with E-state index in [9.17, 15) is 0 Å². The van der Waals surface area contributed by atoms with Crippen molar-refractivity contribution in [1.29, 1.82) is 0 Å². The van der Waals surface area contributed by atoms with Crippen molar-refractivity contribution in [3.8, 4) is 0 Å². The van der Waals surface area contributed by atoms with Crippen molar-refractivity contribution in [2.24, 2.45) is 11.3 Å². The minimum absolute atomic E-state index is 0.368. The van der Waals surface area contributed by atoms with Gasteiger partial charge in [-0.05, 0) is 31.8 Å². The van der Waals surface area contributed by atoms with Gasteiger partial charge in [-0.1, -0.05) is 34.6 Å². The Labute approximate surface area is 96.4 Å². The second-order valence-corrected chi connectivity index (χ2v) is 6.12. The van der Waals surface area contributed by atoms with Crippen LogP contribution in [0.25, 0.3) is 0 Å². The maximum atomic E-state index is 3.48. The number of hydrogen-bond donors (Lipinski definition) is 1. The smallest absolute Gasteiger partial charge is 0.0113 e. The average molecular weight is 214 g/mol. The van der Waals surface area contributed by atoms with Gasteiger partial charge in [0.2, 0.25) is 0 Å². The summed E-state index contributed by atoms with van der Waals surface area (Å²) < 4.78 is 0. The van der Waals surface area contributed by atoms with Crippen molar-refractivity contribution >= 4 is 0 Å². The van der Waals surface area contributed by atoms with Gasteiger partial charge >= 0.3 is 0 Å². The van der Waals surface area contributed by atoms with Crippen molar-refractivity contribution in [2.45, 2.75) is 47.6 Å². The highest BCUT2D eigenvalue weighted by molar-refractivity contribution is 4.77. The lowest BCUT2D eigenvalue weighted by atomic mass is 9.87. The normalized spacial score (nSPS) is 15.0. The molecule has 0 bridgehead atoms. The topological polar surface area (TPSA) is 15.3 Å².